The summed E-state index contributed by atoms with van der Waals surface area (Å²) in [5, 5.41) is 9.55. The molecule has 0 aliphatic rings. The van der Waals surface area contributed by atoms with Crippen LogP contribution in [0.15, 0.2) is 24.3 Å². The summed E-state index contributed by atoms with van der Waals surface area (Å²) in [5.74, 6) is -0.398. The van der Waals surface area contributed by atoms with Gasteiger partial charge in [0.2, 0.25) is 5.91 Å². The molecule has 0 heterocycles. The topological polar surface area (TPSA) is 66.8 Å². The van der Waals surface area contributed by atoms with E-state index in [1.807, 2.05) is 0 Å². The normalized spacial score (nSPS) is 9.89. The van der Waals surface area contributed by atoms with Crippen LogP contribution in [0, 0.1) is 0 Å². The largest absolute Gasteiger partial charge is 0.508 e. The van der Waals surface area contributed by atoms with Crippen LogP contribution >= 0.6 is 0 Å². The minimum atomic E-state index is -0.350. The van der Waals surface area contributed by atoms with Crippen LogP contribution in [0.5, 0.6) is 5.75 Å². The monoisotopic (exact) mass is 251 g/mol. The molecular formula is C13H17NO4. The lowest BCUT2D eigenvalue weighted by Gasteiger charge is -2.16. The number of phenols is 1. The lowest BCUT2D eigenvalue weighted by Crippen LogP contribution is -2.30. The number of rotatable bonds is 5. The molecule has 0 atom stereocenters. The van der Waals surface area contributed by atoms with Crippen molar-refractivity contribution < 1.29 is 19.4 Å². The summed E-state index contributed by atoms with van der Waals surface area (Å²) in [6.07, 6.45) is 0.282. The Morgan fingerprint density at radius 1 is 1.33 bits per heavy atom. The predicted molar refractivity (Wildman–Crippen MR) is 66.1 cm³/mol. The molecule has 5 heteroatoms. The number of methoxy groups -OCH3 is 1. The minimum Gasteiger partial charge on any atom is -0.508 e. The number of carbonyl (C=O) groups excluding carboxylic acids is 2. The number of phenolic OH excluding ortho intramolecular Hbond substituents is 1. The molecule has 0 aliphatic carbocycles. The maximum atomic E-state index is 11.8. The molecule has 98 valence electrons. The fourth-order valence-electron chi connectivity index (χ4n) is 1.44. The first-order valence-corrected chi connectivity index (χ1v) is 5.62. The van der Waals surface area contributed by atoms with Gasteiger partial charge in [-0.3, -0.25) is 9.59 Å². The van der Waals surface area contributed by atoms with Gasteiger partial charge in [-0.25, -0.2) is 0 Å². The van der Waals surface area contributed by atoms with Crippen LogP contribution in [0.25, 0.3) is 0 Å². The van der Waals surface area contributed by atoms with Gasteiger partial charge >= 0.3 is 5.97 Å². The second kappa shape index (κ2) is 6.64. The van der Waals surface area contributed by atoms with Crippen LogP contribution < -0.4 is 0 Å². The average Bonchev–Trinajstić information content (AvgIpc) is 2.38. The molecule has 18 heavy (non-hydrogen) atoms. The summed E-state index contributed by atoms with van der Waals surface area (Å²) in [6, 6.07) is 6.69. The minimum absolute atomic E-state index is 0.104. The highest BCUT2D eigenvalue weighted by molar-refractivity contribution is 5.79. The quantitative estimate of drug-likeness (QED) is 0.791. The highest BCUT2D eigenvalue weighted by Gasteiger charge is 2.13. The van der Waals surface area contributed by atoms with Crippen LogP contribution in [0.1, 0.15) is 12.0 Å². The smallest absolute Gasteiger partial charge is 0.307 e. The van der Waals surface area contributed by atoms with Gasteiger partial charge in [-0.1, -0.05) is 18.2 Å². The maximum absolute atomic E-state index is 11.8. The van der Waals surface area contributed by atoms with E-state index < -0.39 is 0 Å². The first kappa shape index (κ1) is 14.0. The maximum Gasteiger partial charge on any atom is 0.307 e. The van der Waals surface area contributed by atoms with Crippen molar-refractivity contribution >= 4 is 11.9 Å². The number of amides is 1. The number of nitrogens with zero attached hydrogens (tertiary/aromatic N) is 1. The molecule has 0 aromatic heterocycles. The number of hydrogen-bond donors (Lipinski definition) is 1. The standard InChI is InChI=1S/C13H17NO4/c1-14(8-7-13(17)18-2)12(16)9-10-5-3-4-6-11(10)15/h3-6,15H,7-9H2,1-2H3. The van der Waals surface area contributed by atoms with Crippen LogP contribution in [0.3, 0.4) is 0 Å². The Labute approximate surface area is 106 Å². The number of likely N-dealkylation sites (N-methyl/N-ethyl adjacent to an activating group) is 1. The van der Waals surface area contributed by atoms with Gasteiger partial charge in [-0.15, -0.1) is 0 Å². The number of esters is 1. The van der Waals surface area contributed by atoms with Gasteiger partial charge in [0.15, 0.2) is 0 Å². The summed E-state index contributed by atoms with van der Waals surface area (Å²) < 4.78 is 4.50. The Bertz CT molecular complexity index is 431. The highest BCUT2D eigenvalue weighted by atomic mass is 16.5. The Morgan fingerprint density at radius 3 is 2.61 bits per heavy atom. The van der Waals surface area contributed by atoms with Crippen molar-refractivity contribution in [3.05, 3.63) is 29.8 Å². The lowest BCUT2D eigenvalue weighted by molar-refractivity contribution is -0.141. The van der Waals surface area contributed by atoms with Crippen molar-refractivity contribution in [3.63, 3.8) is 0 Å². The summed E-state index contributed by atoms with van der Waals surface area (Å²) in [6.45, 7) is 0.305. The van der Waals surface area contributed by atoms with Crippen LogP contribution in [-0.4, -0.2) is 42.6 Å². The fraction of sp³-hybridized carbons (Fsp3) is 0.385. The summed E-state index contributed by atoms with van der Waals surface area (Å²) in [4.78, 5) is 24.2. The Morgan fingerprint density at radius 2 is 2.00 bits per heavy atom. The molecule has 1 rings (SSSR count). The summed E-state index contributed by atoms with van der Waals surface area (Å²) >= 11 is 0. The van der Waals surface area contributed by atoms with E-state index in [-0.39, 0.29) is 30.5 Å². The second-order valence-electron chi connectivity index (χ2n) is 3.95. The molecule has 0 unspecified atom stereocenters. The molecule has 1 N–H and O–H groups in total. The number of para-hydroxylation sites is 1. The number of aromatic hydroxyl groups is 1. The van der Waals surface area contributed by atoms with Gasteiger partial charge in [0.1, 0.15) is 5.75 Å². The van der Waals surface area contributed by atoms with E-state index in [2.05, 4.69) is 4.74 Å². The van der Waals surface area contributed by atoms with Crippen LogP contribution in [-0.2, 0) is 20.7 Å². The molecule has 1 amide bonds. The molecule has 1 aromatic rings. The first-order valence-electron chi connectivity index (χ1n) is 5.62. The van der Waals surface area contributed by atoms with E-state index >= 15 is 0 Å². The van der Waals surface area contributed by atoms with E-state index in [1.165, 1.54) is 18.1 Å². The van der Waals surface area contributed by atoms with Crippen molar-refractivity contribution in [2.75, 3.05) is 20.7 Å². The number of ether oxygens (including phenoxy) is 1. The van der Waals surface area contributed by atoms with E-state index in [0.717, 1.165) is 0 Å². The molecule has 0 bridgehead atoms. The van der Waals surface area contributed by atoms with E-state index in [9.17, 15) is 14.7 Å². The van der Waals surface area contributed by atoms with Crippen LogP contribution in [0.4, 0.5) is 0 Å². The molecule has 1 aromatic carbocycles. The molecular weight excluding hydrogens is 234 g/mol. The van der Waals surface area contributed by atoms with Crippen molar-refractivity contribution in [1.82, 2.24) is 4.90 Å². The van der Waals surface area contributed by atoms with Gasteiger partial charge in [0.05, 0.1) is 20.0 Å². The van der Waals surface area contributed by atoms with Crippen molar-refractivity contribution in [1.29, 1.82) is 0 Å². The Balaban J connectivity index is 2.50. The third-order valence-electron chi connectivity index (χ3n) is 2.64. The molecule has 0 radical (unpaired) electrons. The zero-order valence-electron chi connectivity index (χ0n) is 10.5. The second-order valence-corrected chi connectivity index (χ2v) is 3.95. The predicted octanol–water partition coefficient (Wildman–Crippen LogP) is 0.956. The fourth-order valence-corrected chi connectivity index (χ4v) is 1.44. The third kappa shape index (κ3) is 4.08. The van der Waals surface area contributed by atoms with E-state index in [1.54, 1.807) is 25.2 Å². The van der Waals surface area contributed by atoms with Gasteiger partial charge in [0, 0.05) is 19.2 Å². The molecule has 0 saturated heterocycles. The number of hydrogen-bond acceptors (Lipinski definition) is 4. The molecule has 0 fully saturated rings. The van der Waals surface area contributed by atoms with E-state index in [0.29, 0.717) is 12.1 Å². The Hall–Kier alpha value is -2.04. The number of carbonyl (C=O) groups is 2. The summed E-state index contributed by atoms with van der Waals surface area (Å²) in [5.41, 5.74) is 0.576. The summed E-state index contributed by atoms with van der Waals surface area (Å²) in [7, 11) is 2.93. The Kier molecular flexibility index (Phi) is 5.17. The van der Waals surface area contributed by atoms with Gasteiger partial charge in [-0.2, -0.15) is 0 Å². The molecule has 0 aliphatic heterocycles. The van der Waals surface area contributed by atoms with E-state index in [4.69, 9.17) is 0 Å². The van der Waals surface area contributed by atoms with Gasteiger partial charge in [0.25, 0.3) is 0 Å². The van der Waals surface area contributed by atoms with Crippen LogP contribution in [0.2, 0.25) is 0 Å². The molecule has 5 nitrogen and oxygen atoms in total. The lowest BCUT2D eigenvalue weighted by atomic mass is 10.1. The molecule has 0 spiro atoms. The zero-order valence-corrected chi connectivity index (χ0v) is 10.5. The average molecular weight is 251 g/mol. The van der Waals surface area contributed by atoms with Crippen molar-refractivity contribution in [2.24, 2.45) is 0 Å². The van der Waals surface area contributed by atoms with Gasteiger partial charge in [-0.05, 0) is 6.07 Å². The first-order chi connectivity index (χ1) is 8.54. The molecule has 0 saturated carbocycles. The number of benzene rings is 1. The SMILES string of the molecule is COC(=O)CCN(C)C(=O)Cc1ccccc1O. The van der Waals surface area contributed by atoms with Crippen molar-refractivity contribution in [2.45, 2.75) is 12.8 Å². The van der Waals surface area contributed by atoms with Gasteiger partial charge < -0.3 is 14.7 Å². The highest BCUT2D eigenvalue weighted by Crippen LogP contribution is 2.16. The third-order valence-corrected chi connectivity index (χ3v) is 2.64. The zero-order chi connectivity index (χ0) is 13.5. The van der Waals surface area contributed by atoms with Crippen molar-refractivity contribution in [3.8, 4) is 5.75 Å².